The number of anilines is 4. The number of piperazine rings is 1. The van der Waals surface area contributed by atoms with Gasteiger partial charge in [-0.1, -0.05) is 18.2 Å². The second-order valence-electron chi connectivity index (χ2n) is 7.26. The topological polar surface area (TPSA) is 79.3 Å². The number of methoxy groups -OCH3 is 1. The molecule has 0 unspecified atom stereocenters. The van der Waals surface area contributed by atoms with Gasteiger partial charge in [-0.2, -0.15) is 9.97 Å². The summed E-state index contributed by atoms with van der Waals surface area (Å²) in [6, 6.07) is 18.2. The largest absolute Gasteiger partial charge is 0.497 e. The van der Waals surface area contributed by atoms with Crippen LogP contribution in [-0.2, 0) is 0 Å². The smallest absolute Gasteiger partial charge is 0.231 e. The highest BCUT2D eigenvalue weighted by atomic mass is 16.5. The number of para-hydroxylation sites is 1. The zero-order valence-electron chi connectivity index (χ0n) is 17.3. The van der Waals surface area contributed by atoms with Gasteiger partial charge in [0.25, 0.3) is 0 Å². The summed E-state index contributed by atoms with van der Waals surface area (Å²) in [7, 11) is 1.65. The molecule has 31 heavy (non-hydrogen) atoms. The lowest BCUT2D eigenvalue weighted by atomic mass is 10.2. The fourth-order valence-electron chi connectivity index (χ4n) is 3.74. The molecule has 2 aromatic carbocycles. The number of fused-ring (bicyclic) bond motifs is 1. The van der Waals surface area contributed by atoms with Crippen LogP contribution in [-0.4, -0.2) is 53.2 Å². The van der Waals surface area contributed by atoms with Crippen LogP contribution >= 0.6 is 0 Å². The minimum Gasteiger partial charge on any atom is -0.497 e. The van der Waals surface area contributed by atoms with E-state index in [4.69, 9.17) is 9.72 Å². The lowest BCUT2D eigenvalue weighted by molar-refractivity contribution is 0.415. The molecule has 0 atom stereocenters. The lowest BCUT2D eigenvalue weighted by Crippen LogP contribution is -2.47. The van der Waals surface area contributed by atoms with E-state index >= 15 is 0 Å². The molecule has 8 heteroatoms. The standard InChI is InChI=1S/C23H23N7O/c1-31-19-9-7-17(8-10-19)26-23-27-21-20(24-11-12-25-21)22(28-23)30-15-13-29(14-16-30)18-5-3-2-4-6-18/h2-12H,13-16H2,1H3,(H,25,26,27,28). The molecule has 1 saturated heterocycles. The normalized spacial score (nSPS) is 14.0. The Kier molecular flexibility index (Phi) is 5.18. The molecule has 1 N–H and O–H groups in total. The van der Waals surface area contributed by atoms with Gasteiger partial charge in [-0.15, -0.1) is 0 Å². The van der Waals surface area contributed by atoms with Crippen molar-refractivity contribution in [3.8, 4) is 5.75 Å². The van der Waals surface area contributed by atoms with Crippen molar-refractivity contribution in [1.29, 1.82) is 0 Å². The van der Waals surface area contributed by atoms with Crippen molar-refractivity contribution in [3.05, 3.63) is 67.0 Å². The summed E-state index contributed by atoms with van der Waals surface area (Å²) in [6.45, 7) is 3.52. The molecular weight excluding hydrogens is 390 g/mol. The van der Waals surface area contributed by atoms with Crippen LogP contribution in [0.1, 0.15) is 0 Å². The number of aromatic nitrogens is 4. The first-order valence-electron chi connectivity index (χ1n) is 10.2. The number of nitrogens with zero attached hydrogens (tertiary/aromatic N) is 6. The van der Waals surface area contributed by atoms with Crippen molar-refractivity contribution in [2.45, 2.75) is 0 Å². The number of benzene rings is 2. The Labute approximate surface area is 180 Å². The summed E-state index contributed by atoms with van der Waals surface area (Å²) in [5, 5.41) is 3.28. The van der Waals surface area contributed by atoms with Gasteiger partial charge in [-0.25, -0.2) is 9.97 Å². The van der Waals surface area contributed by atoms with E-state index in [0.29, 0.717) is 11.6 Å². The Balaban J connectivity index is 1.41. The highest BCUT2D eigenvalue weighted by molar-refractivity contribution is 5.84. The third-order valence-corrected chi connectivity index (χ3v) is 5.36. The van der Waals surface area contributed by atoms with Crippen LogP contribution in [0.15, 0.2) is 67.0 Å². The molecule has 0 bridgehead atoms. The Hall–Kier alpha value is -3.94. The number of rotatable bonds is 5. The molecule has 1 fully saturated rings. The molecule has 3 heterocycles. The van der Waals surface area contributed by atoms with Gasteiger partial charge in [0.05, 0.1) is 7.11 Å². The molecule has 8 nitrogen and oxygen atoms in total. The van der Waals surface area contributed by atoms with E-state index in [9.17, 15) is 0 Å². The van der Waals surface area contributed by atoms with Gasteiger partial charge in [-0.3, -0.25) is 0 Å². The average molecular weight is 413 g/mol. The maximum atomic E-state index is 5.23. The van der Waals surface area contributed by atoms with E-state index in [1.165, 1.54) is 5.69 Å². The van der Waals surface area contributed by atoms with E-state index in [2.05, 4.69) is 54.3 Å². The van der Waals surface area contributed by atoms with Crippen LogP contribution in [0.5, 0.6) is 5.75 Å². The third kappa shape index (κ3) is 4.05. The predicted octanol–water partition coefficient (Wildman–Crippen LogP) is 3.50. The van der Waals surface area contributed by atoms with Crippen molar-refractivity contribution in [2.75, 3.05) is 48.4 Å². The van der Waals surface area contributed by atoms with Crippen LogP contribution in [0.3, 0.4) is 0 Å². The quantitative estimate of drug-likeness (QED) is 0.533. The first kappa shape index (κ1) is 19.0. The van der Waals surface area contributed by atoms with Gasteiger partial charge in [0.15, 0.2) is 17.0 Å². The van der Waals surface area contributed by atoms with Crippen LogP contribution < -0.4 is 19.9 Å². The van der Waals surface area contributed by atoms with Crippen molar-refractivity contribution < 1.29 is 4.74 Å². The van der Waals surface area contributed by atoms with E-state index < -0.39 is 0 Å². The Morgan fingerprint density at radius 2 is 1.52 bits per heavy atom. The minimum atomic E-state index is 0.499. The number of nitrogens with one attached hydrogen (secondary N) is 1. The summed E-state index contributed by atoms with van der Waals surface area (Å²) in [6.07, 6.45) is 3.34. The molecule has 0 amide bonds. The summed E-state index contributed by atoms with van der Waals surface area (Å²) >= 11 is 0. The molecule has 5 rings (SSSR count). The minimum absolute atomic E-state index is 0.499. The first-order valence-corrected chi connectivity index (χ1v) is 10.2. The van der Waals surface area contributed by atoms with Gasteiger partial charge in [0.1, 0.15) is 5.75 Å². The molecule has 4 aromatic rings. The Morgan fingerprint density at radius 1 is 0.806 bits per heavy atom. The van der Waals surface area contributed by atoms with Gasteiger partial charge >= 0.3 is 0 Å². The van der Waals surface area contributed by atoms with Crippen LogP contribution in [0.2, 0.25) is 0 Å². The van der Waals surface area contributed by atoms with Crippen molar-refractivity contribution in [1.82, 2.24) is 19.9 Å². The third-order valence-electron chi connectivity index (χ3n) is 5.36. The molecule has 156 valence electrons. The van der Waals surface area contributed by atoms with Crippen LogP contribution in [0.4, 0.5) is 23.1 Å². The lowest BCUT2D eigenvalue weighted by Gasteiger charge is -2.36. The SMILES string of the molecule is COc1ccc(Nc2nc(N3CCN(c4ccccc4)CC3)c3nccnc3n2)cc1. The summed E-state index contributed by atoms with van der Waals surface area (Å²) in [4.78, 5) is 23.0. The van der Waals surface area contributed by atoms with Crippen LogP contribution in [0, 0.1) is 0 Å². The summed E-state index contributed by atoms with van der Waals surface area (Å²) in [5.41, 5.74) is 3.42. The van der Waals surface area contributed by atoms with Gasteiger partial charge in [0.2, 0.25) is 5.95 Å². The van der Waals surface area contributed by atoms with E-state index in [1.807, 2.05) is 30.3 Å². The molecule has 0 saturated carbocycles. The monoisotopic (exact) mass is 413 g/mol. The number of hydrogen-bond donors (Lipinski definition) is 1. The summed E-state index contributed by atoms with van der Waals surface area (Å²) in [5.74, 6) is 2.10. The van der Waals surface area contributed by atoms with Crippen LogP contribution in [0.25, 0.3) is 11.2 Å². The Morgan fingerprint density at radius 3 is 2.26 bits per heavy atom. The van der Waals surface area contributed by atoms with Crippen molar-refractivity contribution in [3.63, 3.8) is 0 Å². The summed E-state index contributed by atoms with van der Waals surface area (Å²) < 4.78 is 5.23. The number of hydrogen-bond acceptors (Lipinski definition) is 8. The molecular formula is C23H23N7O. The maximum Gasteiger partial charge on any atom is 0.231 e. The molecule has 0 spiro atoms. The zero-order chi connectivity index (χ0) is 21.0. The predicted molar refractivity (Wildman–Crippen MR) is 122 cm³/mol. The second-order valence-corrected chi connectivity index (χ2v) is 7.26. The number of ether oxygens (including phenoxy) is 1. The fourth-order valence-corrected chi connectivity index (χ4v) is 3.74. The molecule has 2 aromatic heterocycles. The molecule has 1 aliphatic rings. The second kappa shape index (κ2) is 8.43. The zero-order valence-corrected chi connectivity index (χ0v) is 17.3. The molecule has 1 aliphatic heterocycles. The van der Waals surface area contributed by atoms with Gasteiger partial charge in [0, 0.05) is 49.9 Å². The van der Waals surface area contributed by atoms with Crippen molar-refractivity contribution in [2.24, 2.45) is 0 Å². The highest BCUT2D eigenvalue weighted by Gasteiger charge is 2.22. The van der Waals surface area contributed by atoms with E-state index in [-0.39, 0.29) is 0 Å². The highest BCUT2D eigenvalue weighted by Crippen LogP contribution is 2.26. The van der Waals surface area contributed by atoms with Gasteiger partial charge < -0.3 is 19.9 Å². The molecule has 0 radical (unpaired) electrons. The van der Waals surface area contributed by atoms with Gasteiger partial charge in [-0.05, 0) is 36.4 Å². The maximum absolute atomic E-state index is 5.23. The van der Waals surface area contributed by atoms with E-state index in [0.717, 1.165) is 49.0 Å². The first-order chi connectivity index (χ1) is 15.3. The fraction of sp³-hybridized carbons (Fsp3) is 0.217. The van der Waals surface area contributed by atoms with Crippen molar-refractivity contribution >= 4 is 34.3 Å². The van der Waals surface area contributed by atoms with E-state index in [1.54, 1.807) is 19.5 Å². The Bertz CT molecular complexity index is 1160. The molecule has 0 aliphatic carbocycles. The average Bonchev–Trinajstić information content (AvgIpc) is 2.85.